The molecule has 2 aromatic rings. The van der Waals surface area contributed by atoms with E-state index in [4.69, 9.17) is 0 Å². The first-order valence-corrected chi connectivity index (χ1v) is 5.15. The number of hydrogen-bond donors (Lipinski definition) is 1. The number of nitrogens with one attached hydrogen (secondary N) is 1. The molecule has 0 aliphatic rings. The van der Waals surface area contributed by atoms with Crippen molar-refractivity contribution >= 4 is 15.9 Å². The summed E-state index contributed by atoms with van der Waals surface area (Å²) in [5, 5.41) is 5.81. The highest BCUT2D eigenvalue weighted by Gasteiger charge is 2.35. The number of alkyl halides is 3. The first-order valence-electron chi connectivity index (χ1n) is 4.35. The van der Waals surface area contributed by atoms with Gasteiger partial charge in [-0.3, -0.25) is 5.10 Å². The van der Waals surface area contributed by atoms with Gasteiger partial charge in [-0.25, -0.2) is 0 Å². The SMILES string of the molecule is FC(F)(F)c1cn[nH]c1-c1ccccc1Br. The van der Waals surface area contributed by atoms with Crippen molar-refractivity contribution in [3.05, 3.63) is 40.5 Å². The maximum absolute atomic E-state index is 12.6. The van der Waals surface area contributed by atoms with Gasteiger partial charge in [-0.15, -0.1) is 0 Å². The number of hydrogen-bond acceptors (Lipinski definition) is 1. The third-order valence-electron chi connectivity index (χ3n) is 2.09. The lowest BCUT2D eigenvalue weighted by molar-refractivity contribution is -0.137. The summed E-state index contributed by atoms with van der Waals surface area (Å²) in [6.45, 7) is 0. The third kappa shape index (κ3) is 1.97. The van der Waals surface area contributed by atoms with Gasteiger partial charge < -0.3 is 0 Å². The third-order valence-corrected chi connectivity index (χ3v) is 2.78. The highest BCUT2D eigenvalue weighted by atomic mass is 79.9. The van der Waals surface area contributed by atoms with Gasteiger partial charge in [0, 0.05) is 10.0 Å². The van der Waals surface area contributed by atoms with E-state index in [0.29, 0.717) is 10.0 Å². The van der Waals surface area contributed by atoms with E-state index in [1.54, 1.807) is 24.3 Å². The number of halogens is 4. The predicted molar refractivity (Wildman–Crippen MR) is 56.7 cm³/mol. The number of aromatic amines is 1. The summed E-state index contributed by atoms with van der Waals surface area (Å²) in [7, 11) is 0. The largest absolute Gasteiger partial charge is 0.420 e. The zero-order valence-corrected chi connectivity index (χ0v) is 9.43. The van der Waals surface area contributed by atoms with Crippen LogP contribution in [0, 0.1) is 0 Å². The van der Waals surface area contributed by atoms with Crippen molar-refractivity contribution < 1.29 is 13.2 Å². The minimum Gasteiger partial charge on any atom is -0.277 e. The van der Waals surface area contributed by atoms with Gasteiger partial charge in [0.15, 0.2) is 0 Å². The molecule has 0 saturated heterocycles. The second-order valence-electron chi connectivity index (χ2n) is 3.14. The summed E-state index contributed by atoms with van der Waals surface area (Å²) in [5.74, 6) is 0. The lowest BCUT2D eigenvalue weighted by Crippen LogP contribution is -2.05. The van der Waals surface area contributed by atoms with Gasteiger partial charge in [-0.2, -0.15) is 18.3 Å². The highest BCUT2D eigenvalue weighted by Crippen LogP contribution is 2.37. The highest BCUT2D eigenvalue weighted by molar-refractivity contribution is 9.10. The second kappa shape index (κ2) is 3.93. The van der Waals surface area contributed by atoms with Crippen molar-refractivity contribution in [1.29, 1.82) is 0 Å². The number of H-pyrrole nitrogens is 1. The van der Waals surface area contributed by atoms with Crippen LogP contribution in [0.4, 0.5) is 13.2 Å². The van der Waals surface area contributed by atoms with Crippen LogP contribution in [-0.2, 0) is 6.18 Å². The fourth-order valence-electron chi connectivity index (χ4n) is 1.37. The monoisotopic (exact) mass is 290 g/mol. The molecule has 1 heterocycles. The normalized spacial score (nSPS) is 11.8. The Morgan fingerprint density at radius 2 is 1.88 bits per heavy atom. The number of nitrogens with zero attached hydrogens (tertiary/aromatic N) is 1. The zero-order chi connectivity index (χ0) is 11.8. The average molecular weight is 291 g/mol. The van der Waals surface area contributed by atoms with Crippen LogP contribution in [0.3, 0.4) is 0 Å². The van der Waals surface area contributed by atoms with Gasteiger partial charge in [-0.05, 0) is 6.07 Å². The van der Waals surface area contributed by atoms with E-state index in [-0.39, 0.29) is 5.69 Å². The Labute approximate surface area is 97.6 Å². The molecule has 0 atom stereocenters. The standard InChI is InChI=1S/C10H6BrF3N2/c11-8-4-2-1-3-6(8)9-7(5-15-16-9)10(12,13)14/h1-5H,(H,15,16). The van der Waals surface area contributed by atoms with Gasteiger partial charge in [0.2, 0.25) is 0 Å². The van der Waals surface area contributed by atoms with Crippen LogP contribution in [0.5, 0.6) is 0 Å². The van der Waals surface area contributed by atoms with E-state index in [1.165, 1.54) is 0 Å². The minimum absolute atomic E-state index is 0.0278. The smallest absolute Gasteiger partial charge is 0.277 e. The molecular weight excluding hydrogens is 285 g/mol. The molecule has 84 valence electrons. The summed E-state index contributed by atoms with van der Waals surface area (Å²) in [6, 6.07) is 6.67. The summed E-state index contributed by atoms with van der Waals surface area (Å²) in [6.07, 6.45) is -3.62. The topological polar surface area (TPSA) is 28.7 Å². The van der Waals surface area contributed by atoms with E-state index in [0.717, 1.165) is 6.20 Å². The van der Waals surface area contributed by atoms with Gasteiger partial charge in [0.1, 0.15) is 5.56 Å². The Bertz CT molecular complexity index is 505. The Morgan fingerprint density at radius 3 is 2.50 bits per heavy atom. The second-order valence-corrected chi connectivity index (χ2v) is 3.99. The van der Waals surface area contributed by atoms with Gasteiger partial charge >= 0.3 is 6.18 Å². The molecule has 0 saturated carbocycles. The van der Waals surface area contributed by atoms with E-state index in [9.17, 15) is 13.2 Å². The lowest BCUT2D eigenvalue weighted by Gasteiger charge is -2.08. The molecule has 0 amide bonds. The molecule has 0 fully saturated rings. The molecule has 2 nitrogen and oxygen atoms in total. The van der Waals surface area contributed by atoms with Gasteiger partial charge in [0.25, 0.3) is 0 Å². The molecule has 0 spiro atoms. The molecule has 0 aliphatic heterocycles. The maximum atomic E-state index is 12.6. The Morgan fingerprint density at radius 1 is 1.19 bits per heavy atom. The van der Waals surface area contributed by atoms with Crippen molar-refractivity contribution in [3.8, 4) is 11.3 Å². The number of aromatic nitrogens is 2. The van der Waals surface area contributed by atoms with Gasteiger partial charge in [-0.1, -0.05) is 34.1 Å². The fourth-order valence-corrected chi connectivity index (χ4v) is 1.85. The van der Waals surface area contributed by atoms with Crippen molar-refractivity contribution in [2.75, 3.05) is 0 Å². The fraction of sp³-hybridized carbons (Fsp3) is 0.100. The number of rotatable bonds is 1. The predicted octanol–water partition coefficient (Wildman–Crippen LogP) is 3.86. The number of benzene rings is 1. The van der Waals surface area contributed by atoms with E-state index < -0.39 is 11.7 Å². The molecule has 6 heteroatoms. The zero-order valence-electron chi connectivity index (χ0n) is 7.85. The molecule has 1 N–H and O–H groups in total. The molecule has 0 unspecified atom stereocenters. The molecule has 1 aromatic heterocycles. The summed E-state index contributed by atoms with van der Waals surface area (Å²) in [4.78, 5) is 0. The van der Waals surface area contributed by atoms with Crippen LogP contribution in [0.2, 0.25) is 0 Å². The molecule has 0 bridgehead atoms. The molecule has 0 radical (unpaired) electrons. The summed E-state index contributed by atoms with van der Waals surface area (Å²) >= 11 is 3.20. The minimum atomic E-state index is -4.41. The van der Waals surface area contributed by atoms with E-state index in [2.05, 4.69) is 26.1 Å². The average Bonchev–Trinajstić information content (AvgIpc) is 2.66. The van der Waals surface area contributed by atoms with Crippen molar-refractivity contribution in [2.45, 2.75) is 6.18 Å². The van der Waals surface area contributed by atoms with Crippen LogP contribution in [0.1, 0.15) is 5.56 Å². The Balaban J connectivity index is 2.58. The Kier molecular flexibility index (Phi) is 2.75. The van der Waals surface area contributed by atoms with E-state index in [1.807, 2.05) is 0 Å². The summed E-state index contributed by atoms with van der Waals surface area (Å²) < 4.78 is 38.5. The first-order chi connectivity index (χ1) is 7.50. The quantitative estimate of drug-likeness (QED) is 0.849. The van der Waals surface area contributed by atoms with E-state index >= 15 is 0 Å². The summed E-state index contributed by atoms with van der Waals surface area (Å²) in [5.41, 5.74) is -0.355. The maximum Gasteiger partial charge on any atom is 0.420 e. The Hall–Kier alpha value is -1.30. The molecular formula is C10H6BrF3N2. The van der Waals surface area contributed by atoms with Crippen LogP contribution >= 0.6 is 15.9 Å². The molecule has 1 aromatic carbocycles. The van der Waals surface area contributed by atoms with Crippen molar-refractivity contribution in [3.63, 3.8) is 0 Å². The van der Waals surface area contributed by atoms with Crippen molar-refractivity contribution in [1.82, 2.24) is 10.2 Å². The van der Waals surface area contributed by atoms with Crippen LogP contribution < -0.4 is 0 Å². The molecule has 2 rings (SSSR count). The first kappa shape index (κ1) is 11.2. The molecule has 0 aliphatic carbocycles. The van der Waals surface area contributed by atoms with Crippen molar-refractivity contribution in [2.24, 2.45) is 0 Å². The van der Waals surface area contributed by atoms with Gasteiger partial charge in [0.05, 0.1) is 11.9 Å². The van der Waals surface area contributed by atoms with Crippen LogP contribution in [0.25, 0.3) is 11.3 Å². The van der Waals surface area contributed by atoms with Crippen LogP contribution in [0.15, 0.2) is 34.9 Å². The molecule has 16 heavy (non-hydrogen) atoms. The lowest BCUT2D eigenvalue weighted by atomic mass is 10.1. The van der Waals surface area contributed by atoms with Crippen LogP contribution in [-0.4, -0.2) is 10.2 Å².